The summed E-state index contributed by atoms with van der Waals surface area (Å²) in [6.07, 6.45) is 0. The molecule has 3 rings (SSSR count). The van der Waals surface area contributed by atoms with E-state index >= 15 is 0 Å². The highest BCUT2D eigenvalue weighted by Gasteiger charge is 2.16. The molecule has 1 N–H and O–H groups in total. The first kappa shape index (κ1) is 17.6. The topological polar surface area (TPSA) is 54.5 Å². The van der Waals surface area contributed by atoms with Crippen LogP contribution in [0.15, 0.2) is 30.3 Å². The molecule has 132 valence electrons. The normalized spacial score (nSPS) is 14.4. The number of benzene rings is 1. The number of pyridine rings is 1. The van der Waals surface area contributed by atoms with E-state index in [0.29, 0.717) is 24.5 Å². The highest BCUT2D eigenvalue weighted by Crippen LogP contribution is 2.22. The van der Waals surface area contributed by atoms with E-state index in [2.05, 4.69) is 15.2 Å². The number of anilines is 1. The van der Waals surface area contributed by atoms with Crippen LogP contribution in [0.4, 0.5) is 10.2 Å². The van der Waals surface area contributed by atoms with E-state index in [1.165, 1.54) is 6.07 Å². The number of morpholine rings is 1. The Labute approximate surface area is 150 Å². The number of aromatic nitrogens is 1. The number of ether oxygens (including phenoxy) is 1. The van der Waals surface area contributed by atoms with Crippen LogP contribution in [0.5, 0.6) is 0 Å². The van der Waals surface area contributed by atoms with Crippen LogP contribution < -0.4 is 10.2 Å². The second-order valence-corrected chi connectivity index (χ2v) is 6.21. The van der Waals surface area contributed by atoms with Crippen molar-refractivity contribution in [2.75, 3.05) is 31.2 Å². The molecule has 1 saturated heterocycles. The van der Waals surface area contributed by atoms with E-state index in [9.17, 15) is 9.18 Å². The molecule has 1 aliphatic heterocycles. The van der Waals surface area contributed by atoms with Gasteiger partial charge in [0.2, 0.25) is 0 Å². The number of hydrogen-bond donors (Lipinski definition) is 1. The largest absolute Gasteiger partial charge is 0.378 e. The van der Waals surface area contributed by atoms with Crippen molar-refractivity contribution in [2.24, 2.45) is 0 Å². The van der Waals surface area contributed by atoms with Crippen LogP contribution in [-0.4, -0.2) is 37.2 Å². The van der Waals surface area contributed by atoms with Crippen molar-refractivity contribution in [3.63, 3.8) is 0 Å². The van der Waals surface area contributed by atoms with Gasteiger partial charge in [-0.15, -0.1) is 0 Å². The number of halogens is 2. The van der Waals surface area contributed by atoms with E-state index < -0.39 is 11.7 Å². The zero-order valence-electron chi connectivity index (χ0n) is 13.9. The summed E-state index contributed by atoms with van der Waals surface area (Å²) in [7, 11) is 0. The van der Waals surface area contributed by atoms with Gasteiger partial charge in [0.15, 0.2) is 5.82 Å². The molecule has 7 heteroatoms. The number of nitrogens with zero attached hydrogens (tertiary/aromatic N) is 2. The van der Waals surface area contributed by atoms with Crippen molar-refractivity contribution in [1.29, 1.82) is 0 Å². The first-order valence-electron chi connectivity index (χ1n) is 8.07. The summed E-state index contributed by atoms with van der Waals surface area (Å²) in [5.41, 5.74) is 1.23. The van der Waals surface area contributed by atoms with Gasteiger partial charge in [-0.3, -0.25) is 4.79 Å². The smallest absolute Gasteiger partial charge is 0.254 e. The fourth-order valence-corrected chi connectivity index (χ4v) is 2.79. The van der Waals surface area contributed by atoms with Crippen LogP contribution in [0.1, 0.15) is 21.6 Å². The molecule has 0 spiro atoms. The Morgan fingerprint density at radius 3 is 2.84 bits per heavy atom. The molecule has 2 aromatic rings. The lowest BCUT2D eigenvalue weighted by Gasteiger charge is -2.28. The van der Waals surface area contributed by atoms with Gasteiger partial charge in [0.1, 0.15) is 5.82 Å². The van der Waals surface area contributed by atoms with Crippen molar-refractivity contribution in [3.05, 3.63) is 58.0 Å². The third-order valence-electron chi connectivity index (χ3n) is 4.08. The first-order valence-corrected chi connectivity index (χ1v) is 8.45. The van der Waals surface area contributed by atoms with Gasteiger partial charge < -0.3 is 15.0 Å². The molecule has 1 aromatic carbocycles. The molecule has 1 amide bonds. The van der Waals surface area contributed by atoms with Gasteiger partial charge in [-0.05, 0) is 30.7 Å². The monoisotopic (exact) mass is 363 g/mol. The lowest BCUT2D eigenvalue weighted by molar-refractivity contribution is 0.0946. The van der Waals surface area contributed by atoms with Crippen molar-refractivity contribution >= 4 is 23.3 Å². The Balaban J connectivity index is 1.67. The average Bonchev–Trinajstić information content (AvgIpc) is 2.65. The van der Waals surface area contributed by atoms with Gasteiger partial charge in [0.05, 0.1) is 36.0 Å². The summed E-state index contributed by atoms with van der Waals surface area (Å²) < 4.78 is 19.5. The molecular formula is C18H19ClFN3O2. The molecule has 5 nitrogen and oxygen atoms in total. The number of nitrogens with one attached hydrogen (secondary N) is 1. The summed E-state index contributed by atoms with van der Waals surface area (Å²) >= 11 is 5.87. The minimum Gasteiger partial charge on any atom is -0.378 e. The van der Waals surface area contributed by atoms with Crippen molar-refractivity contribution in [3.8, 4) is 0 Å². The molecule has 0 radical (unpaired) electrons. The lowest BCUT2D eigenvalue weighted by Crippen LogP contribution is -2.37. The molecular weight excluding hydrogens is 345 g/mol. The summed E-state index contributed by atoms with van der Waals surface area (Å²) in [6.45, 7) is 4.83. The van der Waals surface area contributed by atoms with Gasteiger partial charge >= 0.3 is 0 Å². The highest BCUT2D eigenvalue weighted by molar-refractivity contribution is 6.31. The van der Waals surface area contributed by atoms with E-state index in [0.717, 1.165) is 18.9 Å². The summed E-state index contributed by atoms with van der Waals surface area (Å²) in [4.78, 5) is 18.9. The number of carbonyl (C=O) groups is 1. The molecule has 1 aromatic heterocycles. The number of carbonyl (C=O) groups excluding carboxylic acids is 1. The minimum atomic E-state index is -0.700. The SMILES string of the molecule is Cc1ccc(C(=O)NCc2cccc(N3CCOCC3)n2)c(F)c1Cl. The first-order chi connectivity index (χ1) is 12.1. The van der Waals surface area contributed by atoms with Crippen LogP contribution in [0.25, 0.3) is 0 Å². The Morgan fingerprint density at radius 2 is 2.08 bits per heavy atom. The van der Waals surface area contributed by atoms with Gasteiger partial charge in [-0.2, -0.15) is 0 Å². The van der Waals surface area contributed by atoms with Crippen LogP contribution in [0.3, 0.4) is 0 Å². The maximum atomic E-state index is 14.1. The summed E-state index contributed by atoms with van der Waals surface area (Å²) in [6, 6.07) is 8.70. The molecule has 0 atom stereocenters. The van der Waals surface area contributed by atoms with Gasteiger partial charge in [0, 0.05) is 13.1 Å². The molecule has 25 heavy (non-hydrogen) atoms. The number of aryl methyl sites for hydroxylation is 1. The van der Waals surface area contributed by atoms with Gasteiger partial charge in [-0.1, -0.05) is 23.7 Å². The Hall–Kier alpha value is -2.18. The van der Waals surface area contributed by atoms with E-state index in [1.54, 1.807) is 13.0 Å². The van der Waals surface area contributed by atoms with Crippen LogP contribution in [-0.2, 0) is 11.3 Å². The zero-order chi connectivity index (χ0) is 17.8. The molecule has 0 bridgehead atoms. The van der Waals surface area contributed by atoms with Crippen LogP contribution >= 0.6 is 11.6 Å². The summed E-state index contributed by atoms with van der Waals surface area (Å²) in [5, 5.41) is 2.66. The fourth-order valence-electron chi connectivity index (χ4n) is 2.62. The van der Waals surface area contributed by atoms with Crippen LogP contribution in [0.2, 0.25) is 5.02 Å². The van der Waals surface area contributed by atoms with Gasteiger partial charge in [-0.25, -0.2) is 9.37 Å². The van der Waals surface area contributed by atoms with Crippen molar-refractivity contribution in [1.82, 2.24) is 10.3 Å². The molecule has 0 saturated carbocycles. The third kappa shape index (κ3) is 4.08. The highest BCUT2D eigenvalue weighted by atomic mass is 35.5. The number of hydrogen-bond acceptors (Lipinski definition) is 4. The van der Waals surface area contributed by atoms with Crippen LogP contribution in [0, 0.1) is 12.7 Å². The fraction of sp³-hybridized carbons (Fsp3) is 0.333. The van der Waals surface area contributed by atoms with Crippen molar-refractivity contribution in [2.45, 2.75) is 13.5 Å². The second kappa shape index (κ2) is 7.80. The standard InChI is InChI=1S/C18H19ClFN3O2/c1-12-5-6-14(17(20)16(12)19)18(24)21-11-13-3-2-4-15(22-13)23-7-9-25-10-8-23/h2-6H,7-11H2,1H3,(H,21,24). The average molecular weight is 364 g/mol. The summed E-state index contributed by atoms with van der Waals surface area (Å²) in [5.74, 6) is -0.369. The third-order valence-corrected chi connectivity index (χ3v) is 4.54. The maximum Gasteiger partial charge on any atom is 0.254 e. The lowest BCUT2D eigenvalue weighted by atomic mass is 10.1. The molecule has 1 aliphatic rings. The predicted octanol–water partition coefficient (Wildman–Crippen LogP) is 2.95. The predicted molar refractivity (Wildman–Crippen MR) is 94.6 cm³/mol. The van der Waals surface area contributed by atoms with Gasteiger partial charge in [0.25, 0.3) is 5.91 Å². The molecule has 2 heterocycles. The van der Waals surface area contributed by atoms with E-state index in [-0.39, 0.29) is 17.1 Å². The zero-order valence-corrected chi connectivity index (χ0v) is 14.6. The maximum absolute atomic E-state index is 14.1. The Bertz CT molecular complexity index is 779. The molecule has 1 fully saturated rings. The molecule has 0 unspecified atom stereocenters. The van der Waals surface area contributed by atoms with E-state index in [4.69, 9.17) is 16.3 Å². The van der Waals surface area contributed by atoms with E-state index in [1.807, 2.05) is 18.2 Å². The second-order valence-electron chi connectivity index (χ2n) is 5.83. The minimum absolute atomic E-state index is 0.0277. The quantitative estimate of drug-likeness (QED) is 0.907. The Morgan fingerprint density at radius 1 is 1.32 bits per heavy atom. The van der Waals surface area contributed by atoms with Crippen molar-refractivity contribution < 1.29 is 13.9 Å². The molecule has 0 aliphatic carbocycles. The number of rotatable bonds is 4. The number of amides is 1. The Kier molecular flexibility index (Phi) is 5.50.